The van der Waals surface area contributed by atoms with E-state index in [4.69, 9.17) is 17.2 Å². The van der Waals surface area contributed by atoms with Gasteiger partial charge in [-0.1, -0.05) is 18.2 Å². The Kier molecular flexibility index (Phi) is 6.46. The Labute approximate surface area is 176 Å². The molecule has 158 valence electrons. The van der Waals surface area contributed by atoms with Crippen molar-refractivity contribution < 1.29 is 9.90 Å². The molecule has 2 heterocycles. The van der Waals surface area contributed by atoms with Gasteiger partial charge in [-0.25, -0.2) is 0 Å². The van der Waals surface area contributed by atoms with Gasteiger partial charge in [0.1, 0.15) is 11.6 Å². The van der Waals surface area contributed by atoms with Crippen LogP contribution in [0.4, 0.5) is 0 Å². The summed E-state index contributed by atoms with van der Waals surface area (Å²) in [4.78, 5) is 20.8. The first-order valence-corrected chi connectivity index (χ1v) is 9.82. The van der Waals surface area contributed by atoms with Crippen molar-refractivity contribution in [2.45, 2.75) is 19.4 Å². The van der Waals surface area contributed by atoms with Crippen LogP contribution in [-0.4, -0.2) is 51.5 Å². The van der Waals surface area contributed by atoms with Crippen molar-refractivity contribution in [2.75, 3.05) is 19.6 Å². The normalized spacial score (nSPS) is 17.0. The maximum atomic E-state index is 12.7. The van der Waals surface area contributed by atoms with Crippen molar-refractivity contribution in [3.63, 3.8) is 0 Å². The molecule has 8 heteroatoms. The van der Waals surface area contributed by atoms with E-state index in [2.05, 4.69) is 4.98 Å². The molecule has 1 unspecified atom stereocenters. The van der Waals surface area contributed by atoms with Gasteiger partial charge in [0, 0.05) is 48.8 Å². The Morgan fingerprint density at radius 1 is 1.17 bits per heavy atom. The predicted octanol–water partition coefficient (Wildman–Crippen LogP) is 0.949. The highest BCUT2D eigenvalue weighted by molar-refractivity contribution is 5.78. The molecule has 0 radical (unpaired) electrons. The van der Waals surface area contributed by atoms with E-state index in [9.17, 15) is 9.90 Å². The second kappa shape index (κ2) is 9.21. The van der Waals surface area contributed by atoms with Gasteiger partial charge in [0.2, 0.25) is 5.91 Å². The molecule has 8 nitrogen and oxygen atoms in total. The van der Waals surface area contributed by atoms with Gasteiger partial charge in [-0.2, -0.15) is 0 Å². The van der Waals surface area contributed by atoms with Crippen molar-refractivity contribution in [3.8, 4) is 5.75 Å². The van der Waals surface area contributed by atoms with Gasteiger partial charge < -0.3 is 32.1 Å². The number of pyridine rings is 1. The molecule has 1 aromatic carbocycles. The van der Waals surface area contributed by atoms with Crippen molar-refractivity contribution >= 4 is 11.6 Å². The summed E-state index contributed by atoms with van der Waals surface area (Å²) in [5, 5.41) is 10.0. The topological polar surface area (TPSA) is 135 Å². The van der Waals surface area contributed by atoms with Crippen LogP contribution in [0.25, 0.3) is 5.70 Å². The Morgan fingerprint density at radius 3 is 2.53 bits per heavy atom. The van der Waals surface area contributed by atoms with Crippen LogP contribution in [-0.2, 0) is 11.2 Å². The lowest BCUT2D eigenvalue weighted by Crippen LogP contribution is -2.54. The largest absolute Gasteiger partial charge is 0.507 e. The van der Waals surface area contributed by atoms with Crippen LogP contribution < -0.4 is 17.2 Å². The summed E-state index contributed by atoms with van der Waals surface area (Å²) in [6, 6.07) is 12.3. The lowest BCUT2D eigenvalue weighted by Gasteiger charge is -2.41. The van der Waals surface area contributed by atoms with E-state index in [0.717, 1.165) is 5.69 Å². The number of piperazine rings is 1. The summed E-state index contributed by atoms with van der Waals surface area (Å²) in [7, 11) is 0. The lowest BCUT2D eigenvalue weighted by atomic mass is 10.1. The van der Waals surface area contributed by atoms with Crippen molar-refractivity contribution in [1.82, 2.24) is 14.8 Å². The van der Waals surface area contributed by atoms with Gasteiger partial charge in [-0.3, -0.25) is 9.78 Å². The Balaban J connectivity index is 1.72. The van der Waals surface area contributed by atoms with Crippen LogP contribution in [0, 0.1) is 0 Å². The molecule has 0 spiro atoms. The summed E-state index contributed by atoms with van der Waals surface area (Å²) >= 11 is 0. The van der Waals surface area contributed by atoms with Gasteiger partial charge >= 0.3 is 0 Å². The number of carbonyl (C=O) groups is 1. The zero-order valence-electron chi connectivity index (χ0n) is 17.0. The highest BCUT2D eigenvalue weighted by Gasteiger charge is 2.29. The molecular weight excluding hydrogens is 380 g/mol. The van der Waals surface area contributed by atoms with Crippen LogP contribution in [0.3, 0.4) is 0 Å². The molecule has 1 aliphatic rings. The van der Waals surface area contributed by atoms with Crippen molar-refractivity contribution in [3.05, 3.63) is 77.5 Å². The van der Waals surface area contributed by atoms with E-state index in [0.29, 0.717) is 36.6 Å². The average Bonchev–Trinajstić information content (AvgIpc) is 2.72. The van der Waals surface area contributed by atoms with Gasteiger partial charge in [0.25, 0.3) is 0 Å². The van der Waals surface area contributed by atoms with Crippen LogP contribution in [0.2, 0.25) is 0 Å². The molecule has 0 aliphatic carbocycles. The fourth-order valence-electron chi connectivity index (χ4n) is 3.61. The quantitative estimate of drug-likeness (QED) is 0.541. The maximum absolute atomic E-state index is 12.7. The Hall–Kier alpha value is -3.68. The summed E-state index contributed by atoms with van der Waals surface area (Å²) < 4.78 is 0. The van der Waals surface area contributed by atoms with E-state index in [-0.39, 0.29) is 29.9 Å². The maximum Gasteiger partial charge on any atom is 0.228 e. The molecule has 1 fully saturated rings. The third-order valence-corrected chi connectivity index (χ3v) is 5.15. The molecule has 1 saturated heterocycles. The van der Waals surface area contributed by atoms with E-state index < -0.39 is 0 Å². The number of aromatic hydroxyl groups is 1. The van der Waals surface area contributed by atoms with Crippen LogP contribution >= 0.6 is 0 Å². The molecular formula is C22H28N6O2. The summed E-state index contributed by atoms with van der Waals surface area (Å²) in [6.07, 6.45) is 3.63. The molecule has 2 aromatic rings. The van der Waals surface area contributed by atoms with E-state index in [1.807, 2.05) is 34.9 Å². The Morgan fingerprint density at radius 2 is 1.90 bits per heavy atom. The molecule has 0 bridgehead atoms. The lowest BCUT2D eigenvalue weighted by molar-refractivity contribution is -0.134. The number of carbonyl (C=O) groups excluding carboxylic acids is 1. The van der Waals surface area contributed by atoms with E-state index in [1.54, 1.807) is 36.5 Å². The third-order valence-electron chi connectivity index (χ3n) is 5.15. The Bertz CT molecular complexity index is 953. The standard InChI is InChI=1S/C22H28N6O2/c1-15-14-27(10-11-28(15)21(30)12-16-6-4-5-9-26-16)19(22(24)25)13-18(23)17-7-2-3-8-20(17)29/h2-9,13,15,29H,10-12,14,23-25H2,1H3/b18-13-. The van der Waals surface area contributed by atoms with Gasteiger partial charge in [-0.15, -0.1) is 0 Å². The first-order chi connectivity index (χ1) is 14.4. The fourth-order valence-corrected chi connectivity index (χ4v) is 3.61. The van der Waals surface area contributed by atoms with E-state index >= 15 is 0 Å². The number of nitrogens with two attached hydrogens (primary N) is 3. The number of allylic oxidation sites excluding steroid dienone is 1. The minimum absolute atomic E-state index is 0.0379. The number of hydrogen-bond donors (Lipinski definition) is 4. The van der Waals surface area contributed by atoms with Crippen molar-refractivity contribution in [1.29, 1.82) is 0 Å². The number of hydrogen-bond acceptors (Lipinski definition) is 7. The minimum Gasteiger partial charge on any atom is -0.507 e. The first kappa shape index (κ1) is 21.0. The minimum atomic E-state index is -0.0379. The summed E-state index contributed by atoms with van der Waals surface area (Å²) in [6.45, 7) is 3.65. The second-order valence-corrected chi connectivity index (χ2v) is 7.34. The first-order valence-electron chi connectivity index (χ1n) is 9.82. The van der Waals surface area contributed by atoms with Crippen LogP contribution in [0.5, 0.6) is 5.75 Å². The number of rotatable bonds is 5. The molecule has 0 saturated carbocycles. The number of nitrogens with zero attached hydrogens (tertiary/aromatic N) is 3. The molecule has 1 amide bonds. The monoisotopic (exact) mass is 408 g/mol. The van der Waals surface area contributed by atoms with E-state index in [1.165, 1.54) is 0 Å². The second-order valence-electron chi connectivity index (χ2n) is 7.34. The highest BCUT2D eigenvalue weighted by atomic mass is 16.3. The summed E-state index contributed by atoms with van der Waals surface area (Å²) in [5.74, 6) is 0.254. The number of phenolic OH excluding ortho intramolecular Hbond substituents is 1. The molecule has 3 rings (SSSR count). The van der Waals surface area contributed by atoms with Crippen molar-refractivity contribution in [2.24, 2.45) is 17.2 Å². The molecule has 1 aromatic heterocycles. The van der Waals surface area contributed by atoms with Crippen LogP contribution in [0.15, 0.2) is 66.3 Å². The average molecular weight is 409 g/mol. The fraction of sp³-hybridized carbons (Fsp3) is 0.273. The number of para-hydroxylation sites is 1. The number of benzene rings is 1. The zero-order valence-corrected chi connectivity index (χ0v) is 17.0. The number of amides is 1. The molecule has 1 aliphatic heterocycles. The predicted molar refractivity (Wildman–Crippen MR) is 116 cm³/mol. The molecule has 1 atom stereocenters. The van der Waals surface area contributed by atoms with Gasteiger partial charge in [0.15, 0.2) is 0 Å². The molecule has 30 heavy (non-hydrogen) atoms. The summed E-state index contributed by atoms with van der Waals surface area (Å²) in [5.41, 5.74) is 20.3. The van der Waals surface area contributed by atoms with Gasteiger partial charge in [0.05, 0.1) is 12.1 Å². The molecule has 7 N–H and O–H groups in total. The van der Waals surface area contributed by atoms with Gasteiger partial charge in [-0.05, 0) is 37.3 Å². The number of phenols is 1. The highest BCUT2D eigenvalue weighted by Crippen LogP contribution is 2.24. The smallest absolute Gasteiger partial charge is 0.228 e. The SMILES string of the molecule is CC1CN(C(/C=C(\N)c2ccccc2O)=C(N)N)CCN1C(=O)Cc1ccccn1. The van der Waals surface area contributed by atoms with Crippen LogP contribution in [0.1, 0.15) is 18.2 Å². The number of aromatic nitrogens is 1. The zero-order chi connectivity index (χ0) is 21.7. The third kappa shape index (κ3) is 4.83.